The third-order valence-electron chi connectivity index (χ3n) is 5.22. The van der Waals surface area contributed by atoms with E-state index in [4.69, 9.17) is 25.8 Å². The van der Waals surface area contributed by atoms with Crippen molar-refractivity contribution in [3.63, 3.8) is 0 Å². The number of aryl methyl sites for hydroxylation is 1. The van der Waals surface area contributed by atoms with Crippen LogP contribution in [-0.4, -0.2) is 44.8 Å². The lowest BCUT2D eigenvalue weighted by molar-refractivity contribution is -0.139. The van der Waals surface area contributed by atoms with E-state index in [-0.39, 0.29) is 19.1 Å². The summed E-state index contributed by atoms with van der Waals surface area (Å²) in [6, 6.07) is 17.1. The number of carbonyl (C=O) groups excluding carboxylic acids is 3. The summed E-state index contributed by atoms with van der Waals surface area (Å²) in [7, 11) is 3.01. The minimum Gasteiger partial charge on any atom is -0.497 e. The first kappa shape index (κ1) is 28.0. The quantitative estimate of drug-likeness (QED) is 0.206. The van der Waals surface area contributed by atoms with Gasteiger partial charge in [0.15, 0.2) is 18.1 Å². The zero-order chi connectivity index (χ0) is 27.5. The Morgan fingerprint density at radius 3 is 2.39 bits per heavy atom. The molecule has 0 saturated heterocycles. The van der Waals surface area contributed by atoms with Gasteiger partial charge < -0.3 is 24.8 Å². The van der Waals surface area contributed by atoms with Crippen LogP contribution in [0.2, 0.25) is 5.02 Å². The van der Waals surface area contributed by atoms with Gasteiger partial charge in [-0.05, 0) is 66.1 Å². The maximum absolute atomic E-state index is 12.3. The molecule has 0 atom stereocenters. The van der Waals surface area contributed by atoms with Crippen molar-refractivity contribution in [2.45, 2.75) is 13.5 Å². The number of rotatable bonds is 10. The fourth-order valence-corrected chi connectivity index (χ4v) is 3.34. The van der Waals surface area contributed by atoms with Gasteiger partial charge in [-0.1, -0.05) is 29.8 Å². The lowest BCUT2D eigenvalue weighted by Gasteiger charge is -2.12. The Labute approximate surface area is 224 Å². The van der Waals surface area contributed by atoms with Gasteiger partial charge in [-0.15, -0.1) is 0 Å². The molecule has 0 heterocycles. The molecule has 0 aliphatic rings. The van der Waals surface area contributed by atoms with E-state index >= 15 is 0 Å². The molecule has 0 aromatic heterocycles. The van der Waals surface area contributed by atoms with Crippen molar-refractivity contribution in [3.05, 3.63) is 82.4 Å². The van der Waals surface area contributed by atoms with Crippen LogP contribution >= 0.6 is 11.6 Å². The van der Waals surface area contributed by atoms with E-state index in [0.717, 1.165) is 11.1 Å². The molecule has 11 heteroatoms. The number of amides is 3. The number of benzene rings is 3. The number of anilines is 1. The number of nitrogens with one attached hydrogen (secondary N) is 3. The number of hydrogen-bond acceptors (Lipinski definition) is 7. The van der Waals surface area contributed by atoms with Crippen LogP contribution in [0.1, 0.15) is 16.7 Å². The molecule has 0 aliphatic heterocycles. The second-order valence-corrected chi connectivity index (χ2v) is 8.37. The number of ether oxygens (including phenoxy) is 3. The van der Waals surface area contributed by atoms with E-state index in [1.165, 1.54) is 13.3 Å². The van der Waals surface area contributed by atoms with E-state index < -0.39 is 11.8 Å². The highest BCUT2D eigenvalue weighted by atomic mass is 35.5. The Hall–Kier alpha value is -4.57. The van der Waals surface area contributed by atoms with Crippen LogP contribution in [-0.2, 0) is 20.9 Å². The predicted molar refractivity (Wildman–Crippen MR) is 144 cm³/mol. The van der Waals surface area contributed by atoms with Gasteiger partial charge in [-0.3, -0.25) is 14.4 Å². The van der Waals surface area contributed by atoms with Gasteiger partial charge in [0.1, 0.15) is 5.75 Å². The molecule has 0 saturated carbocycles. The van der Waals surface area contributed by atoms with Crippen molar-refractivity contribution < 1.29 is 28.6 Å². The summed E-state index contributed by atoms with van der Waals surface area (Å²) in [5, 5.41) is 9.58. The molecule has 0 fully saturated rings. The molecule has 0 radical (unpaired) electrons. The normalized spacial score (nSPS) is 10.5. The van der Waals surface area contributed by atoms with Crippen molar-refractivity contribution in [2.75, 3.05) is 26.1 Å². The van der Waals surface area contributed by atoms with Gasteiger partial charge in [0.05, 0.1) is 20.4 Å². The topological polar surface area (TPSA) is 127 Å². The van der Waals surface area contributed by atoms with Crippen LogP contribution in [0.5, 0.6) is 17.2 Å². The lowest BCUT2D eigenvalue weighted by atomic mass is 10.2. The summed E-state index contributed by atoms with van der Waals surface area (Å²) < 4.78 is 16.0. The average Bonchev–Trinajstić information content (AvgIpc) is 2.93. The largest absolute Gasteiger partial charge is 0.497 e. The molecular formula is C27H27ClN4O6. The molecule has 198 valence electrons. The van der Waals surface area contributed by atoms with Crippen molar-refractivity contribution >= 4 is 41.2 Å². The molecule has 3 amide bonds. The van der Waals surface area contributed by atoms with Crippen LogP contribution in [0.25, 0.3) is 0 Å². The van der Waals surface area contributed by atoms with Gasteiger partial charge in [0.25, 0.3) is 5.91 Å². The number of halogens is 1. The summed E-state index contributed by atoms with van der Waals surface area (Å²) in [6.45, 7) is 1.78. The van der Waals surface area contributed by atoms with E-state index in [2.05, 4.69) is 21.2 Å². The second kappa shape index (κ2) is 13.7. The lowest BCUT2D eigenvalue weighted by Crippen LogP contribution is -2.37. The number of nitrogens with zero attached hydrogens (tertiary/aromatic N) is 1. The van der Waals surface area contributed by atoms with E-state index in [0.29, 0.717) is 33.5 Å². The summed E-state index contributed by atoms with van der Waals surface area (Å²) >= 11 is 5.99. The molecule has 3 aromatic rings. The third-order valence-corrected chi connectivity index (χ3v) is 5.45. The van der Waals surface area contributed by atoms with Crippen LogP contribution < -0.4 is 30.3 Å². The zero-order valence-electron chi connectivity index (χ0n) is 21.0. The Bertz CT molecular complexity index is 1330. The predicted octanol–water partition coefficient (Wildman–Crippen LogP) is 3.45. The van der Waals surface area contributed by atoms with Crippen LogP contribution in [0.4, 0.5) is 5.69 Å². The number of hydrazone groups is 1. The molecule has 0 bridgehead atoms. The number of hydrogen-bond donors (Lipinski definition) is 3. The fourth-order valence-electron chi connectivity index (χ4n) is 3.16. The van der Waals surface area contributed by atoms with Crippen molar-refractivity contribution in [1.82, 2.24) is 10.7 Å². The summed E-state index contributed by atoms with van der Waals surface area (Å²) in [5.74, 6) is -0.726. The van der Waals surface area contributed by atoms with E-state index in [9.17, 15) is 14.4 Å². The molecule has 3 N–H and O–H groups in total. The Morgan fingerprint density at radius 1 is 0.921 bits per heavy atom. The molecule has 10 nitrogen and oxygen atoms in total. The van der Waals surface area contributed by atoms with Crippen molar-refractivity contribution in [2.24, 2.45) is 5.10 Å². The minimum atomic E-state index is -0.914. The first-order valence-corrected chi connectivity index (χ1v) is 11.8. The molecule has 38 heavy (non-hydrogen) atoms. The zero-order valence-corrected chi connectivity index (χ0v) is 21.8. The Kier molecular flexibility index (Phi) is 10.1. The van der Waals surface area contributed by atoms with Gasteiger partial charge >= 0.3 is 11.8 Å². The SMILES string of the molecule is COc1ccc(CNC(=O)C(=O)N/N=C\c2ccc(OCC(=O)Nc3cc(Cl)ccc3C)c(OC)c2)cc1. The van der Waals surface area contributed by atoms with Gasteiger partial charge in [-0.2, -0.15) is 5.10 Å². The first-order chi connectivity index (χ1) is 18.3. The highest BCUT2D eigenvalue weighted by Gasteiger charge is 2.13. The fraction of sp³-hybridized carbons (Fsp3) is 0.185. The maximum Gasteiger partial charge on any atom is 0.329 e. The summed E-state index contributed by atoms with van der Waals surface area (Å²) in [5.41, 5.74) is 5.01. The van der Waals surface area contributed by atoms with Gasteiger partial charge in [0.2, 0.25) is 0 Å². The Morgan fingerprint density at radius 2 is 1.68 bits per heavy atom. The van der Waals surface area contributed by atoms with E-state index in [1.807, 2.05) is 6.92 Å². The van der Waals surface area contributed by atoms with E-state index in [1.54, 1.807) is 67.8 Å². The molecule has 3 rings (SSSR count). The van der Waals surface area contributed by atoms with Crippen molar-refractivity contribution in [3.8, 4) is 17.2 Å². The van der Waals surface area contributed by atoms with Crippen LogP contribution in [0.15, 0.2) is 65.8 Å². The third kappa shape index (κ3) is 8.24. The first-order valence-electron chi connectivity index (χ1n) is 11.4. The highest BCUT2D eigenvalue weighted by molar-refractivity contribution is 6.35. The van der Waals surface area contributed by atoms with Crippen LogP contribution in [0.3, 0.4) is 0 Å². The smallest absolute Gasteiger partial charge is 0.329 e. The standard InChI is InChI=1S/C27H27ClN4O6/c1-17-4-8-20(28)13-22(17)31-25(33)16-38-23-11-7-19(12-24(23)37-3)15-30-32-27(35)26(34)29-14-18-5-9-21(36-2)10-6-18/h4-13,15H,14,16H2,1-3H3,(H,29,34)(H,31,33)(H,32,35)/b30-15-. The number of methoxy groups -OCH3 is 2. The summed E-state index contributed by atoms with van der Waals surface area (Å²) in [4.78, 5) is 36.3. The molecular weight excluding hydrogens is 512 g/mol. The molecule has 0 unspecified atom stereocenters. The number of carbonyl (C=O) groups is 3. The molecule has 3 aromatic carbocycles. The average molecular weight is 539 g/mol. The maximum atomic E-state index is 12.3. The van der Waals surface area contributed by atoms with Crippen molar-refractivity contribution in [1.29, 1.82) is 0 Å². The Balaban J connectivity index is 1.49. The monoisotopic (exact) mass is 538 g/mol. The second-order valence-electron chi connectivity index (χ2n) is 7.94. The van der Waals surface area contributed by atoms with Gasteiger partial charge in [0, 0.05) is 17.3 Å². The highest BCUT2D eigenvalue weighted by Crippen LogP contribution is 2.28. The van der Waals surface area contributed by atoms with Gasteiger partial charge in [-0.25, -0.2) is 5.43 Å². The molecule has 0 aliphatic carbocycles. The molecule has 0 spiro atoms. The van der Waals surface area contributed by atoms with Crippen LogP contribution in [0, 0.1) is 6.92 Å². The minimum absolute atomic E-state index is 0.176. The summed E-state index contributed by atoms with van der Waals surface area (Å²) in [6.07, 6.45) is 1.34.